The van der Waals surface area contributed by atoms with Crippen molar-refractivity contribution in [1.29, 1.82) is 0 Å². The molecule has 0 bridgehead atoms. The van der Waals surface area contributed by atoms with Crippen molar-refractivity contribution in [3.63, 3.8) is 0 Å². The van der Waals surface area contributed by atoms with E-state index in [-0.39, 0.29) is 38.3 Å². The summed E-state index contributed by atoms with van der Waals surface area (Å²) in [7, 11) is 1.40. The first-order chi connectivity index (χ1) is 41.8. The van der Waals surface area contributed by atoms with E-state index in [9.17, 15) is 55.0 Å². The molecule has 8 aromatic rings. The highest BCUT2D eigenvalue weighted by Crippen LogP contribution is 2.23. The fourth-order valence-electron chi connectivity index (χ4n) is 5.72. The number of aromatic nitrogens is 2. The van der Waals surface area contributed by atoms with Crippen molar-refractivity contribution in [3.8, 4) is 23.4 Å². The van der Waals surface area contributed by atoms with E-state index < -0.39 is 36.7 Å². The summed E-state index contributed by atoms with van der Waals surface area (Å²) in [6.45, 7) is 42.6. The van der Waals surface area contributed by atoms with Crippen molar-refractivity contribution < 1.29 is 29.0 Å². The Hall–Kier alpha value is -8.84. The predicted octanol–water partition coefficient (Wildman–Crippen LogP) is 20.9. The van der Waals surface area contributed by atoms with Crippen LogP contribution in [0.3, 0.4) is 0 Å². The summed E-state index contributed by atoms with van der Waals surface area (Å²) in [6, 6.07) is 35.0. The maximum atomic E-state index is 12.1. The second kappa shape index (κ2) is 49.2. The lowest BCUT2D eigenvalue weighted by Crippen LogP contribution is -2.16. The molecule has 0 aliphatic rings. The second-order valence-corrected chi connectivity index (χ2v) is 29.2. The van der Waals surface area contributed by atoms with Gasteiger partial charge in [-0.25, -0.2) is 4.39 Å². The number of anilines is 1. The van der Waals surface area contributed by atoms with Gasteiger partial charge in [0, 0.05) is 125 Å². The van der Waals surface area contributed by atoms with Gasteiger partial charge in [0.2, 0.25) is 0 Å². The van der Waals surface area contributed by atoms with E-state index in [1.807, 2.05) is 159 Å². The van der Waals surface area contributed by atoms with Crippen molar-refractivity contribution in [2.45, 2.75) is 143 Å². The number of nitrogens with zero attached hydrogens (tertiary/aromatic N) is 7. The van der Waals surface area contributed by atoms with Crippen molar-refractivity contribution >= 4 is 88.0 Å². The number of terminal acetylenes is 1. The van der Waals surface area contributed by atoms with Crippen LogP contribution in [0.1, 0.15) is 105 Å². The molecule has 0 radical (unpaired) electrons. The molecule has 0 amide bonds. The average Bonchev–Trinajstić information content (AvgIpc) is 4.15. The fourth-order valence-corrected chi connectivity index (χ4v) is 6.60. The molecule has 0 saturated carbocycles. The number of nitrogen functional groups attached to an aromatic ring is 1. The first-order valence-corrected chi connectivity index (χ1v) is 36.9. The lowest BCUT2D eigenvalue weighted by molar-refractivity contribution is -0.385. The van der Waals surface area contributed by atoms with Crippen LogP contribution in [0.25, 0.3) is 21.8 Å². The molecule has 18 nitrogen and oxygen atoms in total. The molecule has 2 aromatic heterocycles. The number of benzene rings is 6. The number of nitro groups is 5. The number of aryl methyl sites for hydroxylation is 5. The summed E-state index contributed by atoms with van der Waals surface area (Å²) in [5, 5.41) is 53.5. The SMILES string of the molecule is C#C[Si](C)(C)C.CC.CC.CC.CC.CC.CC.Cc1ccc([N+](=O)[O-])cc1.Cc1ccc([N+](=O)[O-])cc1Br.Cc1ccc([N+](=O)[O-])cc1C#C[Si](C)(C)C.Cn1ccc2cc(N)ccc21.Cn1ccc2cc([N+](=O)[O-])ccc21.O=[N+]([O-])c1ccc(F)cc1. The largest absolute Gasteiger partial charge is 0.399 e. The first-order valence-electron chi connectivity index (χ1n) is 29.1. The Morgan fingerprint density at radius 1 is 0.461 bits per heavy atom. The summed E-state index contributed by atoms with van der Waals surface area (Å²) in [5.74, 6) is 2.59. The normalized spacial score (nSPS) is 9.12. The lowest BCUT2D eigenvalue weighted by atomic mass is 10.1. The number of nitrogens with two attached hydrogens (primary N) is 1. The van der Waals surface area contributed by atoms with Crippen molar-refractivity contribution in [2.75, 3.05) is 5.73 Å². The van der Waals surface area contributed by atoms with Crippen LogP contribution in [0.4, 0.5) is 38.5 Å². The quantitative estimate of drug-likeness (QED) is 0.0557. The monoisotopic (exact) mass is 1330 g/mol. The van der Waals surface area contributed by atoms with E-state index in [0.29, 0.717) is 0 Å². The second-order valence-electron chi connectivity index (χ2n) is 18.8. The molecule has 2 heterocycles. The van der Waals surface area contributed by atoms with Crippen LogP contribution in [0.2, 0.25) is 39.3 Å². The Labute approximate surface area is 538 Å². The Balaban J connectivity index is -0.000000303. The van der Waals surface area contributed by atoms with Crippen LogP contribution in [-0.2, 0) is 14.1 Å². The molecule has 0 spiro atoms. The predicted molar refractivity (Wildman–Crippen MR) is 382 cm³/mol. The van der Waals surface area contributed by atoms with Gasteiger partial charge >= 0.3 is 0 Å². The maximum Gasteiger partial charge on any atom is 0.270 e. The van der Waals surface area contributed by atoms with Gasteiger partial charge in [0.1, 0.15) is 22.0 Å². The number of hydrogen-bond donors (Lipinski definition) is 1. The van der Waals surface area contributed by atoms with Gasteiger partial charge in [0.15, 0.2) is 0 Å². The molecule has 0 atom stereocenters. The number of fused-ring (bicyclic) bond motifs is 2. The topological polar surface area (TPSA) is 252 Å². The number of rotatable bonds is 5. The third-order valence-electron chi connectivity index (χ3n) is 10.1. The molecule has 89 heavy (non-hydrogen) atoms. The van der Waals surface area contributed by atoms with E-state index in [1.165, 1.54) is 47.3 Å². The van der Waals surface area contributed by atoms with Crippen LogP contribution >= 0.6 is 15.9 Å². The summed E-state index contributed by atoms with van der Waals surface area (Å²) in [6.07, 6.45) is 9.03. The highest BCUT2D eigenvalue weighted by Gasteiger charge is 2.11. The molecule has 486 valence electrons. The number of halogens is 2. The van der Waals surface area contributed by atoms with Gasteiger partial charge in [0.05, 0.1) is 24.6 Å². The highest BCUT2D eigenvalue weighted by molar-refractivity contribution is 9.10. The molecule has 6 aromatic carbocycles. The Bertz CT molecular complexity index is 3400. The standard InChI is InChI=1S/C12H15NO2Si.C9H8N2O2.C9H10N2.C7H6BrNO2.C7H7NO2.C6H4FNO2.C5H10Si.6C2H6/c1-10-5-6-12(13(14)15)9-11(10)7-8-16(2,3)4;1-10-5-4-7-6-8(11(12)13)2-3-9(7)10;1-11-5-4-7-6-8(10)2-3-9(7)11;1-5-2-3-6(9(10)11)4-7(5)8;1-6-2-4-7(5-3-6)8(9)10;7-5-1-3-6(4-2-5)8(9)10;1-5-6(2,3)4;6*1-2/h5-6,9H,1-4H3;2-6H,1H3;2-6H,10H2,1H3;2-4H,1H3;2-5H,1H3;1-4H;1H,2-4H3;6*1-2H3. The zero-order valence-corrected chi connectivity index (χ0v) is 60.1. The first kappa shape index (κ1) is 88.9. The van der Waals surface area contributed by atoms with Crippen LogP contribution in [0.15, 0.2) is 150 Å². The molecular formula is C67H96BrFN8O10Si2. The van der Waals surface area contributed by atoms with Crippen LogP contribution in [0, 0.1) is 101 Å². The summed E-state index contributed by atoms with van der Waals surface area (Å²) < 4.78 is 16.9. The smallest absolute Gasteiger partial charge is 0.270 e. The van der Waals surface area contributed by atoms with Gasteiger partial charge in [-0.15, -0.1) is 17.5 Å². The van der Waals surface area contributed by atoms with Gasteiger partial charge in [-0.2, -0.15) is 0 Å². The van der Waals surface area contributed by atoms with E-state index >= 15 is 0 Å². The van der Waals surface area contributed by atoms with E-state index in [0.717, 1.165) is 67.6 Å². The van der Waals surface area contributed by atoms with Gasteiger partial charge in [0.25, 0.3) is 28.4 Å². The molecule has 0 saturated heterocycles. The average molecular weight is 1330 g/mol. The molecular weight excluding hydrogens is 1230 g/mol. The summed E-state index contributed by atoms with van der Waals surface area (Å²) >= 11 is 3.21. The minimum absolute atomic E-state index is 0.0959. The van der Waals surface area contributed by atoms with Crippen molar-refractivity contribution in [2.24, 2.45) is 14.1 Å². The third-order valence-corrected chi connectivity index (χ3v) is 12.7. The van der Waals surface area contributed by atoms with Gasteiger partial charge in [-0.1, -0.05) is 174 Å². The third kappa shape index (κ3) is 38.8. The Morgan fingerprint density at radius 2 is 0.787 bits per heavy atom. The van der Waals surface area contributed by atoms with E-state index in [1.54, 1.807) is 42.5 Å². The van der Waals surface area contributed by atoms with Crippen LogP contribution < -0.4 is 5.73 Å². The molecule has 0 aliphatic carbocycles. The van der Waals surface area contributed by atoms with Gasteiger partial charge < -0.3 is 14.9 Å². The molecule has 0 fully saturated rings. The molecule has 22 heteroatoms. The fraction of sp³-hybridized carbons (Fsp3) is 0.343. The summed E-state index contributed by atoms with van der Waals surface area (Å²) in [5.41, 5.74) is 18.8. The number of nitro benzene ring substituents is 5. The molecule has 0 aliphatic heterocycles. The zero-order chi connectivity index (χ0) is 70.4. The Morgan fingerprint density at radius 3 is 1.16 bits per heavy atom. The van der Waals surface area contributed by atoms with Crippen molar-refractivity contribution in [1.82, 2.24) is 9.13 Å². The molecule has 2 N–H and O–H groups in total. The Kier molecular flexibility index (Phi) is 49.1. The van der Waals surface area contributed by atoms with E-state index in [4.69, 9.17) is 12.2 Å². The minimum atomic E-state index is -1.44. The van der Waals surface area contributed by atoms with Crippen LogP contribution in [0.5, 0.6) is 0 Å². The zero-order valence-electron chi connectivity index (χ0n) is 56.5. The molecule has 0 unspecified atom stereocenters. The van der Waals surface area contributed by atoms with Crippen molar-refractivity contribution in [3.05, 3.63) is 229 Å². The maximum absolute atomic E-state index is 12.1. The molecule has 8 rings (SSSR count). The summed E-state index contributed by atoms with van der Waals surface area (Å²) in [4.78, 5) is 49.3. The van der Waals surface area contributed by atoms with Gasteiger partial charge in [-0.05, 0) is 80.4 Å². The minimum Gasteiger partial charge on any atom is -0.399 e. The van der Waals surface area contributed by atoms with Gasteiger partial charge in [-0.3, -0.25) is 50.6 Å². The van der Waals surface area contributed by atoms with Crippen LogP contribution in [-0.4, -0.2) is 49.9 Å². The van der Waals surface area contributed by atoms with E-state index in [2.05, 4.69) is 82.9 Å². The number of non-ortho nitro benzene ring substituents is 5. The highest BCUT2D eigenvalue weighted by atomic mass is 79.9. The number of hydrogen-bond acceptors (Lipinski definition) is 11. The lowest BCUT2D eigenvalue weighted by Gasteiger charge is -2.04.